The molecule has 0 aromatic heterocycles. The third-order valence-corrected chi connectivity index (χ3v) is 5.91. The van der Waals surface area contributed by atoms with Crippen LogP contribution < -0.4 is 5.32 Å². The number of nitro benzene ring substituents is 1. The average Bonchev–Trinajstić information content (AvgIpc) is 2.61. The van der Waals surface area contributed by atoms with Crippen LogP contribution in [0.3, 0.4) is 0 Å². The van der Waals surface area contributed by atoms with Gasteiger partial charge < -0.3 is 5.32 Å². The number of carbonyl (C=O) groups is 1. The molecule has 0 aliphatic heterocycles. The smallest absolute Gasteiger partial charge is 0.282 e. The Kier molecular flexibility index (Phi) is 5.73. The monoisotopic (exact) mass is 377 g/mol. The van der Waals surface area contributed by atoms with Crippen LogP contribution in [0.5, 0.6) is 0 Å². The van der Waals surface area contributed by atoms with Gasteiger partial charge in [-0.15, -0.1) is 0 Å². The average molecular weight is 377 g/mol. The minimum atomic E-state index is -3.62. The molecule has 0 fully saturated rings. The molecular weight excluding hydrogens is 358 g/mol. The van der Waals surface area contributed by atoms with Crippen molar-refractivity contribution in [1.29, 1.82) is 0 Å². The van der Waals surface area contributed by atoms with Gasteiger partial charge in [0.25, 0.3) is 11.6 Å². The number of nitrogens with one attached hydrogen (secondary N) is 1. The molecular formula is C17H19N3O5S. The SMILES string of the molecule is CC(C)N(C)S(=O)(=O)c1ccc(NC(=O)c2ccccc2[N+](=O)[O-])cc1. The van der Waals surface area contributed by atoms with Crippen LogP contribution in [0.15, 0.2) is 53.4 Å². The van der Waals surface area contributed by atoms with Crippen LogP contribution >= 0.6 is 0 Å². The van der Waals surface area contributed by atoms with E-state index in [4.69, 9.17) is 0 Å². The molecule has 1 N–H and O–H groups in total. The molecule has 0 bridgehead atoms. The summed E-state index contributed by atoms with van der Waals surface area (Å²) in [6, 6.07) is 11.0. The summed E-state index contributed by atoms with van der Waals surface area (Å²) >= 11 is 0. The zero-order chi connectivity index (χ0) is 19.5. The maximum atomic E-state index is 12.4. The lowest BCUT2D eigenvalue weighted by Crippen LogP contribution is -2.33. The third kappa shape index (κ3) is 4.06. The Morgan fingerprint density at radius 2 is 1.69 bits per heavy atom. The van der Waals surface area contributed by atoms with E-state index in [1.165, 1.54) is 59.9 Å². The second-order valence-corrected chi connectivity index (χ2v) is 7.87. The van der Waals surface area contributed by atoms with Crippen molar-refractivity contribution in [3.05, 3.63) is 64.2 Å². The van der Waals surface area contributed by atoms with E-state index in [-0.39, 0.29) is 22.2 Å². The number of rotatable bonds is 6. The van der Waals surface area contributed by atoms with Gasteiger partial charge in [-0.2, -0.15) is 4.31 Å². The number of para-hydroxylation sites is 1. The molecule has 0 atom stereocenters. The summed E-state index contributed by atoms with van der Waals surface area (Å²) in [6.45, 7) is 3.53. The van der Waals surface area contributed by atoms with Gasteiger partial charge in [-0.3, -0.25) is 14.9 Å². The van der Waals surface area contributed by atoms with Gasteiger partial charge in [-0.25, -0.2) is 8.42 Å². The summed E-state index contributed by atoms with van der Waals surface area (Å²) in [7, 11) is -2.13. The van der Waals surface area contributed by atoms with E-state index in [1.54, 1.807) is 13.8 Å². The molecule has 0 heterocycles. The first-order chi connectivity index (χ1) is 12.1. The first kappa shape index (κ1) is 19.5. The van der Waals surface area contributed by atoms with E-state index >= 15 is 0 Å². The molecule has 8 nitrogen and oxygen atoms in total. The van der Waals surface area contributed by atoms with Crippen LogP contribution in [0.1, 0.15) is 24.2 Å². The Bertz CT molecular complexity index is 924. The summed E-state index contributed by atoms with van der Waals surface area (Å²) in [5, 5.41) is 13.5. The quantitative estimate of drug-likeness (QED) is 0.615. The highest BCUT2D eigenvalue weighted by molar-refractivity contribution is 7.89. The van der Waals surface area contributed by atoms with E-state index in [1.807, 2.05) is 0 Å². The number of amides is 1. The zero-order valence-corrected chi connectivity index (χ0v) is 15.4. The van der Waals surface area contributed by atoms with Gasteiger partial charge in [0.15, 0.2) is 0 Å². The van der Waals surface area contributed by atoms with Crippen LogP contribution in [-0.2, 0) is 10.0 Å². The maximum absolute atomic E-state index is 12.4. The Hall–Kier alpha value is -2.78. The van der Waals surface area contributed by atoms with Gasteiger partial charge in [0.05, 0.1) is 9.82 Å². The zero-order valence-electron chi connectivity index (χ0n) is 14.5. The fourth-order valence-electron chi connectivity index (χ4n) is 2.18. The molecule has 0 saturated carbocycles. The molecule has 138 valence electrons. The summed E-state index contributed by atoms with van der Waals surface area (Å²) in [5.41, 5.74) is -0.0456. The second kappa shape index (κ2) is 7.63. The summed E-state index contributed by atoms with van der Waals surface area (Å²) in [6.07, 6.45) is 0. The maximum Gasteiger partial charge on any atom is 0.282 e. The molecule has 0 radical (unpaired) electrons. The van der Waals surface area contributed by atoms with Crippen molar-refractivity contribution in [3.63, 3.8) is 0 Å². The fraction of sp³-hybridized carbons (Fsp3) is 0.235. The fourth-order valence-corrected chi connectivity index (χ4v) is 3.54. The number of hydrogen-bond acceptors (Lipinski definition) is 5. The van der Waals surface area contributed by atoms with Crippen molar-refractivity contribution in [3.8, 4) is 0 Å². The number of sulfonamides is 1. The molecule has 26 heavy (non-hydrogen) atoms. The molecule has 0 aliphatic rings. The lowest BCUT2D eigenvalue weighted by molar-refractivity contribution is -0.385. The predicted molar refractivity (Wildman–Crippen MR) is 97.6 cm³/mol. The van der Waals surface area contributed by atoms with Gasteiger partial charge in [0.2, 0.25) is 10.0 Å². The molecule has 2 aromatic carbocycles. The first-order valence-corrected chi connectivity index (χ1v) is 9.21. The van der Waals surface area contributed by atoms with Crippen molar-refractivity contribution < 1.29 is 18.1 Å². The van der Waals surface area contributed by atoms with Gasteiger partial charge in [-0.05, 0) is 44.2 Å². The number of carbonyl (C=O) groups excluding carboxylic acids is 1. The molecule has 2 aromatic rings. The molecule has 1 amide bonds. The number of hydrogen-bond donors (Lipinski definition) is 1. The minimum absolute atomic E-state index is 0.0752. The highest BCUT2D eigenvalue weighted by atomic mass is 32.2. The van der Waals surface area contributed by atoms with E-state index in [2.05, 4.69) is 5.32 Å². The normalized spacial score (nSPS) is 11.6. The van der Waals surface area contributed by atoms with Crippen LogP contribution in [0, 0.1) is 10.1 Å². The minimum Gasteiger partial charge on any atom is -0.322 e. The molecule has 0 saturated heterocycles. The molecule has 0 spiro atoms. The van der Waals surface area contributed by atoms with Gasteiger partial charge >= 0.3 is 0 Å². The highest BCUT2D eigenvalue weighted by Crippen LogP contribution is 2.22. The van der Waals surface area contributed by atoms with Crippen molar-refractivity contribution >= 4 is 27.3 Å². The second-order valence-electron chi connectivity index (χ2n) is 5.87. The number of nitrogens with zero attached hydrogens (tertiary/aromatic N) is 2. The van der Waals surface area contributed by atoms with E-state index in [9.17, 15) is 23.3 Å². The van der Waals surface area contributed by atoms with Gasteiger partial charge in [-0.1, -0.05) is 12.1 Å². The van der Waals surface area contributed by atoms with Crippen LogP contribution in [-0.4, -0.2) is 36.6 Å². The largest absolute Gasteiger partial charge is 0.322 e. The lowest BCUT2D eigenvalue weighted by atomic mass is 10.1. The molecule has 0 unspecified atom stereocenters. The van der Waals surface area contributed by atoms with E-state index in [0.29, 0.717) is 5.69 Å². The van der Waals surface area contributed by atoms with Crippen molar-refractivity contribution in [2.45, 2.75) is 24.8 Å². The Labute approximate surface area is 151 Å². The summed E-state index contributed by atoms with van der Waals surface area (Å²) < 4.78 is 26.1. The van der Waals surface area contributed by atoms with E-state index < -0.39 is 20.9 Å². The number of benzene rings is 2. The van der Waals surface area contributed by atoms with Crippen LogP contribution in [0.4, 0.5) is 11.4 Å². The van der Waals surface area contributed by atoms with Crippen molar-refractivity contribution in [2.24, 2.45) is 0 Å². The first-order valence-electron chi connectivity index (χ1n) is 7.77. The number of nitro groups is 1. The number of anilines is 1. The predicted octanol–water partition coefficient (Wildman–Crippen LogP) is 2.88. The van der Waals surface area contributed by atoms with Crippen molar-refractivity contribution in [2.75, 3.05) is 12.4 Å². The highest BCUT2D eigenvalue weighted by Gasteiger charge is 2.23. The Morgan fingerprint density at radius 3 is 2.23 bits per heavy atom. The summed E-state index contributed by atoms with van der Waals surface area (Å²) in [5.74, 6) is -0.646. The summed E-state index contributed by atoms with van der Waals surface area (Å²) in [4.78, 5) is 22.7. The van der Waals surface area contributed by atoms with E-state index in [0.717, 1.165) is 0 Å². The van der Waals surface area contributed by atoms with Crippen molar-refractivity contribution in [1.82, 2.24) is 4.31 Å². The van der Waals surface area contributed by atoms with Gasteiger partial charge in [0.1, 0.15) is 5.56 Å². The molecule has 2 rings (SSSR count). The van der Waals surface area contributed by atoms with Crippen LogP contribution in [0.2, 0.25) is 0 Å². The Balaban J connectivity index is 2.23. The standard InChI is InChI=1S/C17H19N3O5S/c1-12(2)19(3)26(24,25)14-10-8-13(9-11-14)18-17(21)15-6-4-5-7-16(15)20(22)23/h4-12H,1-3H3,(H,18,21). The molecule has 9 heteroatoms. The lowest BCUT2D eigenvalue weighted by Gasteiger charge is -2.21. The van der Waals surface area contributed by atoms with Crippen LogP contribution in [0.25, 0.3) is 0 Å². The van der Waals surface area contributed by atoms with Gasteiger partial charge in [0, 0.05) is 24.8 Å². The molecule has 0 aliphatic carbocycles. The topological polar surface area (TPSA) is 110 Å². The third-order valence-electron chi connectivity index (χ3n) is 3.86. The Morgan fingerprint density at radius 1 is 1.12 bits per heavy atom.